The van der Waals surface area contributed by atoms with E-state index in [9.17, 15) is 9.18 Å². The maximum Gasteiger partial charge on any atom is 0.233 e. The molecular weight excluding hydrogens is 451 g/mol. The summed E-state index contributed by atoms with van der Waals surface area (Å²) in [5, 5.41) is 9.34. The van der Waals surface area contributed by atoms with Gasteiger partial charge in [-0.15, -0.1) is 10.2 Å². The minimum absolute atomic E-state index is 0.0744. The molecule has 9 heteroatoms. The van der Waals surface area contributed by atoms with E-state index in [0.717, 1.165) is 30.0 Å². The van der Waals surface area contributed by atoms with E-state index < -0.39 is 0 Å². The summed E-state index contributed by atoms with van der Waals surface area (Å²) in [6.07, 6.45) is 3.57. The molecule has 1 amide bonds. The first kappa shape index (κ1) is 22.1. The van der Waals surface area contributed by atoms with Crippen molar-refractivity contribution < 1.29 is 9.18 Å². The maximum absolute atomic E-state index is 13.4. The van der Waals surface area contributed by atoms with Gasteiger partial charge in [-0.05, 0) is 48.5 Å². The van der Waals surface area contributed by atoms with Gasteiger partial charge in [-0.25, -0.2) is 4.39 Å². The quantitative estimate of drug-likeness (QED) is 0.395. The van der Waals surface area contributed by atoms with Crippen molar-refractivity contribution in [2.24, 2.45) is 0 Å². The number of aromatic nitrogens is 4. The van der Waals surface area contributed by atoms with Crippen LogP contribution >= 0.6 is 11.8 Å². The van der Waals surface area contributed by atoms with E-state index >= 15 is 0 Å². The highest BCUT2D eigenvalue weighted by molar-refractivity contribution is 7.99. The molecule has 7 nitrogen and oxygen atoms in total. The zero-order chi connectivity index (χ0) is 23.3. The van der Waals surface area contributed by atoms with Crippen LogP contribution in [0.5, 0.6) is 0 Å². The second-order valence-electron chi connectivity index (χ2n) is 7.85. The number of rotatable bonds is 6. The van der Waals surface area contributed by atoms with Crippen LogP contribution in [0.25, 0.3) is 17.1 Å². The number of benzene rings is 2. The van der Waals surface area contributed by atoms with Gasteiger partial charge in [-0.1, -0.05) is 30.0 Å². The number of para-hydroxylation sites is 1. The maximum atomic E-state index is 13.4. The van der Waals surface area contributed by atoms with Gasteiger partial charge >= 0.3 is 0 Å². The zero-order valence-electron chi connectivity index (χ0n) is 18.4. The number of hydrogen-bond acceptors (Lipinski definition) is 6. The van der Waals surface area contributed by atoms with Gasteiger partial charge in [0.15, 0.2) is 11.0 Å². The second kappa shape index (κ2) is 10.0. The first-order valence-corrected chi connectivity index (χ1v) is 12.0. The normalized spacial score (nSPS) is 13.8. The number of carbonyl (C=O) groups excluding carboxylic acids is 1. The van der Waals surface area contributed by atoms with E-state index in [4.69, 9.17) is 0 Å². The van der Waals surface area contributed by atoms with Crippen molar-refractivity contribution in [2.75, 3.05) is 36.8 Å². The standard InChI is InChI=1S/C25H23FN6OS/c26-20-8-6-19(7-9-20)24-28-29-25(32(24)22-4-2-1-3-5-22)34-18-23(33)31-16-14-30(15-17-31)21-10-12-27-13-11-21/h1-13H,14-18H2. The summed E-state index contributed by atoms with van der Waals surface area (Å²) in [6, 6.07) is 19.9. The molecule has 0 spiro atoms. The third-order valence-corrected chi connectivity index (χ3v) is 6.65. The summed E-state index contributed by atoms with van der Waals surface area (Å²) in [5.74, 6) is 0.639. The van der Waals surface area contributed by atoms with Crippen molar-refractivity contribution in [3.8, 4) is 17.1 Å². The van der Waals surface area contributed by atoms with Crippen LogP contribution in [0.3, 0.4) is 0 Å². The Morgan fingerprint density at radius 2 is 1.56 bits per heavy atom. The van der Waals surface area contributed by atoms with Crippen LogP contribution in [0, 0.1) is 5.82 Å². The van der Waals surface area contributed by atoms with Gasteiger partial charge in [0, 0.05) is 55.5 Å². The van der Waals surface area contributed by atoms with Gasteiger partial charge in [0.1, 0.15) is 5.82 Å². The lowest BCUT2D eigenvalue weighted by Gasteiger charge is -2.36. The molecule has 0 N–H and O–H groups in total. The van der Waals surface area contributed by atoms with E-state index in [1.807, 2.05) is 51.9 Å². The highest BCUT2D eigenvalue weighted by Gasteiger charge is 2.23. The smallest absolute Gasteiger partial charge is 0.233 e. The third-order valence-electron chi connectivity index (χ3n) is 5.74. The van der Waals surface area contributed by atoms with Crippen LogP contribution in [0.1, 0.15) is 0 Å². The van der Waals surface area contributed by atoms with Gasteiger partial charge in [0.2, 0.25) is 5.91 Å². The van der Waals surface area contributed by atoms with Crippen LogP contribution in [0.4, 0.5) is 10.1 Å². The Labute approximate surface area is 201 Å². The lowest BCUT2D eigenvalue weighted by molar-refractivity contribution is -0.128. The number of pyridine rings is 1. The molecule has 0 saturated carbocycles. The van der Waals surface area contributed by atoms with Crippen molar-refractivity contribution >= 4 is 23.4 Å². The molecule has 0 atom stereocenters. The predicted molar refractivity (Wildman–Crippen MR) is 131 cm³/mol. The van der Waals surface area contributed by atoms with E-state index in [0.29, 0.717) is 24.1 Å². The van der Waals surface area contributed by atoms with Crippen LogP contribution in [0.2, 0.25) is 0 Å². The Kier molecular flexibility index (Phi) is 6.53. The fourth-order valence-electron chi connectivity index (χ4n) is 3.95. The molecule has 0 aliphatic carbocycles. The van der Waals surface area contributed by atoms with E-state index in [2.05, 4.69) is 20.1 Å². The summed E-state index contributed by atoms with van der Waals surface area (Å²) in [5.41, 5.74) is 2.76. The fourth-order valence-corrected chi connectivity index (χ4v) is 4.80. The second-order valence-corrected chi connectivity index (χ2v) is 8.79. The lowest BCUT2D eigenvalue weighted by Crippen LogP contribution is -2.49. The largest absolute Gasteiger partial charge is 0.368 e. The van der Waals surface area contributed by atoms with E-state index in [1.165, 1.54) is 23.9 Å². The van der Waals surface area contributed by atoms with Crippen LogP contribution < -0.4 is 4.90 Å². The number of halogens is 1. The molecule has 0 unspecified atom stereocenters. The van der Waals surface area contributed by atoms with E-state index in [-0.39, 0.29) is 17.5 Å². The van der Waals surface area contributed by atoms with Gasteiger partial charge in [-0.2, -0.15) is 0 Å². The summed E-state index contributed by atoms with van der Waals surface area (Å²) < 4.78 is 15.4. The molecule has 3 heterocycles. The number of amides is 1. The van der Waals surface area contributed by atoms with Crippen molar-refractivity contribution in [1.82, 2.24) is 24.6 Å². The van der Waals surface area contributed by atoms with Gasteiger partial charge in [0.25, 0.3) is 0 Å². The minimum atomic E-state index is -0.307. The summed E-state index contributed by atoms with van der Waals surface area (Å²) in [7, 11) is 0. The first-order valence-electron chi connectivity index (χ1n) is 11.0. The fraction of sp³-hybridized carbons (Fsp3) is 0.200. The van der Waals surface area contributed by atoms with Gasteiger partial charge in [0.05, 0.1) is 5.75 Å². The van der Waals surface area contributed by atoms with Gasteiger partial charge < -0.3 is 9.80 Å². The van der Waals surface area contributed by atoms with Crippen LogP contribution in [-0.4, -0.2) is 62.5 Å². The molecule has 2 aromatic heterocycles. The van der Waals surface area contributed by atoms with E-state index in [1.54, 1.807) is 24.5 Å². The third kappa shape index (κ3) is 4.79. The Balaban J connectivity index is 1.29. The van der Waals surface area contributed by atoms with Crippen LogP contribution in [0.15, 0.2) is 84.3 Å². The molecule has 0 radical (unpaired) electrons. The Morgan fingerprint density at radius 1 is 0.853 bits per heavy atom. The number of carbonyl (C=O) groups is 1. The predicted octanol–water partition coefficient (Wildman–Crippen LogP) is 3.91. The molecule has 172 valence electrons. The molecule has 1 aliphatic rings. The van der Waals surface area contributed by atoms with Crippen molar-refractivity contribution in [1.29, 1.82) is 0 Å². The molecule has 1 aliphatic heterocycles. The molecule has 2 aromatic carbocycles. The number of anilines is 1. The average Bonchev–Trinajstić information content (AvgIpc) is 3.33. The number of nitrogens with zero attached hydrogens (tertiary/aromatic N) is 6. The first-order chi connectivity index (χ1) is 16.7. The summed E-state index contributed by atoms with van der Waals surface area (Å²) in [4.78, 5) is 21.2. The average molecular weight is 475 g/mol. The number of hydrogen-bond donors (Lipinski definition) is 0. The zero-order valence-corrected chi connectivity index (χ0v) is 19.2. The van der Waals surface area contributed by atoms with Crippen molar-refractivity contribution in [3.63, 3.8) is 0 Å². The van der Waals surface area contributed by atoms with Crippen molar-refractivity contribution in [3.05, 3.63) is 84.9 Å². The molecule has 5 rings (SSSR count). The highest BCUT2D eigenvalue weighted by Crippen LogP contribution is 2.28. The molecule has 4 aromatic rings. The summed E-state index contributed by atoms with van der Waals surface area (Å²) >= 11 is 1.36. The number of thioether (sulfide) groups is 1. The Bertz CT molecular complexity index is 1240. The topological polar surface area (TPSA) is 67.2 Å². The Hall–Kier alpha value is -3.72. The molecule has 0 bridgehead atoms. The molecule has 34 heavy (non-hydrogen) atoms. The van der Waals surface area contributed by atoms with Crippen LogP contribution in [-0.2, 0) is 4.79 Å². The highest BCUT2D eigenvalue weighted by atomic mass is 32.2. The molecule has 1 saturated heterocycles. The van der Waals surface area contributed by atoms with Crippen molar-refractivity contribution in [2.45, 2.75) is 5.16 Å². The Morgan fingerprint density at radius 3 is 2.26 bits per heavy atom. The molecular formula is C25H23FN6OS. The SMILES string of the molecule is O=C(CSc1nnc(-c2ccc(F)cc2)n1-c1ccccc1)N1CCN(c2ccncc2)CC1. The minimum Gasteiger partial charge on any atom is -0.368 e. The lowest BCUT2D eigenvalue weighted by atomic mass is 10.2. The molecule has 1 fully saturated rings. The van der Waals surface area contributed by atoms with Gasteiger partial charge in [-0.3, -0.25) is 14.3 Å². The summed E-state index contributed by atoms with van der Waals surface area (Å²) in [6.45, 7) is 2.92. The monoisotopic (exact) mass is 474 g/mol. The number of piperazine rings is 1.